The fraction of sp³-hybridized carbons (Fsp3) is 0.353. The van der Waals surface area contributed by atoms with Crippen LogP contribution in [-0.2, 0) is 11.0 Å². The van der Waals surface area contributed by atoms with Crippen LogP contribution in [0.4, 0.5) is 13.2 Å². The minimum Gasteiger partial charge on any atom is -0.297 e. The highest BCUT2D eigenvalue weighted by atomic mass is 32.1. The maximum atomic E-state index is 13.1. The Labute approximate surface area is 140 Å². The van der Waals surface area contributed by atoms with Crippen molar-refractivity contribution in [2.45, 2.75) is 31.4 Å². The number of hydrogen-bond acceptors (Lipinski definition) is 4. The van der Waals surface area contributed by atoms with E-state index in [1.807, 2.05) is 6.07 Å². The van der Waals surface area contributed by atoms with Crippen molar-refractivity contribution in [3.63, 3.8) is 0 Å². The normalized spacial score (nSPS) is 21.1. The molecule has 1 fully saturated rings. The van der Waals surface area contributed by atoms with Gasteiger partial charge in [-0.3, -0.25) is 4.79 Å². The van der Waals surface area contributed by atoms with Gasteiger partial charge in [0.25, 0.3) is 0 Å². The molecule has 0 unspecified atom stereocenters. The summed E-state index contributed by atoms with van der Waals surface area (Å²) in [6.45, 7) is 1.76. The Morgan fingerprint density at radius 1 is 1.42 bits per heavy atom. The summed E-state index contributed by atoms with van der Waals surface area (Å²) in [4.78, 5) is 16.7. The highest BCUT2D eigenvalue weighted by Crippen LogP contribution is 2.53. The van der Waals surface area contributed by atoms with E-state index in [9.17, 15) is 23.2 Å². The van der Waals surface area contributed by atoms with E-state index in [2.05, 4.69) is 4.98 Å². The monoisotopic (exact) mass is 350 g/mol. The minimum atomic E-state index is -4.45. The predicted octanol–water partition coefficient (Wildman–Crippen LogP) is 4.45. The maximum Gasteiger partial charge on any atom is 0.416 e. The summed E-state index contributed by atoms with van der Waals surface area (Å²) in [5, 5.41) is 11.5. The van der Waals surface area contributed by atoms with Crippen molar-refractivity contribution < 1.29 is 18.0 Å². The summed E-state index contributed by atoms with van der Waals surface area (Å²) < 4.78 is 39.3. The molecule has 1 aromatic carbocycles. The molecule has 0 spiro atoms. The van der Waals surface area contributed by atoms with Gasteiger partial charge in [-0.15, -0.1) is 11.3 Å². The molecule has 2 aromatic rings. The van der Waals surface area contributed by atoms with Gasteiger partial charge in [-0.1, -0.05) is 18.2 Å². The van der Waals surface area contributed by atoms with Crippen LogP contribution in [-0.4, -0.2) is 10.8 Å². The molecule has 1 aliphatic rings. The average molecular weight is 350 g/mol. The molecule has 1 aliphatic carbocycles. The Kier molecular flexibility index (Phi) is 4.18. The van der Waals surface area contributed by atoms with Crippen LogP contribution < -0.4 is 0 Å². The molecule has 3 nitrogen and oxygen atoms in total. The molecule has 24 heavy (non-hydrogen) atoms. The van der Waals surface area contributed by atoms with Crippen molar-refractivity contribution in [1.29, 1.82) is 5.26 Å². The molecule has 0 N–H and O–H groups in total. The molecule has 3 atom stereocenters. The van der Waals surface area contributed by atoms with Crippen LogP contribution in [0.3, 0.4) is 0 Å². The first-order valence-electron chi connectivity index (χ1n) is 7.34. The van der Waals surface area contributed by atoms with Crippen molar-refractivity contribution >= 4 is 17.1 Å². The Hall–Kier alpha value is -2.20. The lowest BCUT2D eigenvalue weighted by Gasteiger charge is -2.12. The zero-order chi connectivity index (χ0) is 17.5. The molecule has 0 amide bonds. The number of nitriles is 1. The van der Waals surface area contributed by atoms with Gasteiger partial charge in [-0.05, 0) is 30.9 Å². The van der Waals surface area contributed by atoms with Crippen LogP contribution in [0, 0.1) is 24.2 Å². The number of alkyl halides is 3. The third-order valence-corrected chi connectivity index (χ3v) is 5.15. The van der Waals surface area contributed by atoms with E-state index in [-0.39, 0.29) is 11.3 Å². The fourth-order valence-electron chi connectivity index (χ4n) is 2.89. The van der Waals surface area contributed by atoms with Gasteiger partial charge in [0.15, 0.2) is 11.7 Å². The van der Waals surface area contributed by atoms with Crippen LogP contribution in [0.25, 0.3) is 0 Å². The first-order valence-corrected chi connectivity index (χ1v) is 8.22. The van der Waals surface area contributed by atoms with E-state index < -0.39 is 29.5 Å². The lowest BCUT2D eigenvalue weighted by molar-refractivity contribution is -0.138. The number of carbonyl (C=O) groups is 1. The number of thiazole rings is 1. The van der Waals surface area contributed by atoms with Crippen molar-refractivity contribution in [1.82, 2.24) is 4.98 Å². The predicted molar refractivity (Wildman–Crippen MR) is 82.5 cm³/mol. The molecule has 0 bridgehead atoms. The number of carbonyl (C=O) groups excluding carboxylic acids is 1. The third-order valence-electron chi connectivity index (χ3n) is 4.12. The van der Waals surface area contributed by atoms with Gasteiger partial charge in [-0.2, -0.15) is 18.4 Å². The van der Waals surface area contributed by atoms with E-state index in [4.69, 9.17) is 0 Å². The van der Waals surface area contributed by atoms with Gasteiger partial charge in [0, 0.05) is 17.0 Å². The number of hydrogen-bond donors (Lipinski definition) is 0. The van der Waals surface area contributed by atoms with Crippen molar-refractivity contribution in [2.24, 2.45) is 5.92 Å². The second-order valence-corrected chi connectivity index (χ2v) is 6.71. The first kappa shape index (κ1) is 16.7. The van der Waals surface area contributed by atoms with Gasteiger partial charge in [0.05, 0.1) is 11.6 Å². The standard InChI is InChI=1S/C17H13F3N2OS/c1-9-8-24-16(22-9)13(7-21)15(23)12-6-11(12)10-4-2-3-5-14(10)17(18,19)20/h2-5,8,11-13H,6H2,1H3/t11-,12+,13-/m1/s1. The number of halogens is 3. The molecular formula is C17H13F3N2OS. The molecule has 1 aromatic heterocycles. The van der Waals surface area contributed by atoms with E-state index in [1.165, 1.54) is 29.5 Å². The summed E-state index contributed by atoms with van der Waals surface area (Å²) >= 11 is 1.23. The zero-order valence-corrected chi connectivity index (χ0v) is 13.5. The van der Waals surface area contributed by atoms with Crippen molar-refractivity contribution in [3.8, 4) is 6.07 Å². The molecule has 124 valence electrons. The summed E-state index contributed by atoms with van der Waals surface area (Å²) in [5.41, 5.74) is 0.150. The molecule has 7 heteroatoms. The lowest BCUT2D eigenvalue weighted by Crippen LogP contribution is -2.15. The van der Waals surface area contributed by atoms with Crippen molar-refractivity contribution in [3.05, 3.63) is 51.5 Å². The molecular weight excluding hydrogens is 337 g/mol. The highest BCUT2D eigenvalue weighted by Gasteiger charge is 2.49. The zero-order valence-electron chi connectivity index (χ0n) is 12.7. The topological polar surface area (TPSA) is 53.8 Å². The van der Waals surface area contributed by atoms with Crippen LogP contribution in [0.15, 0.2) is 29.6 Å². The molecule has 0 radical (unpaired) electrons. The van der Waals surface area contributed by atoms with Gasteiger partial charge >= 0.3 is 6.18 Å². The van der Waals surface area contributed by atoms with Gasteiger partial charge in [0.1, 0.15) is 5.01 Å². The van der Waals surface area contributed by atoms with Crippen molar-refractivity contribution in [2.75, 3.05) is 0 Å². The fourth-order valence-corrected chi connectivity index (χ4v) is 3.74. The van der Waals surface area contributed by atoms with Crippen LogP contribution in [0.2, 0.25) is 0 Å². The minimum absolute atomic E-state index is 0.135. The second kappa shape index (κ2) is 6.02. The van der Waals surface area contributed by atoms with E-state index in [0.29, 0.717) is 11.4 Å². The number of benzene rings is 1. The summed E-state index contributed by atoms with van der Waals surface area (Å²) in [5.74, 6) is -2.37. The first-order chi connectivity index (χ1) is 11.3. The maximum absolute atomic E-state index is 13.1. The molecule has 0 saturated heterocycles. The number of aromatic nitrogens is 1. The van der Waals surface area contributed by atoms with Crippen LogP contribution in [0.1, 0.15) is 40.1 Å². The number of ketones is 1. The number of aryl methyl sites for hydroxylation is 1. The Morgan fingerprint density at radius 3 is 2.71 bits per heavy atom. The van der Waals surface area contributed by atoms with Gasteiger partial charge in [0.2, 0.25) is 0 Å². The SMILES string of the molecule is Cc1csc([C@H](C#N)C(=O)[C@H]2C[C@@H]2c2ccccc2C(F)(F)F)n1. The summed E-state index contributed by atoms with van der Waals surface area (Å²) in [6.07, 6.45) is -4.11. The third kappa shape index (κ3) is 3.06. The number of Topliss-reactive ketones (excluding diaryl/α,β-unsaturated/α-hetero) is 1. The van der Waals surface area contributed by atoms with Crippen LogP contribution >= 0.6 is 11.3 Å². The van der Waals surface area contributed by atoms with Gasteiger partial charge < -0.3 is 0 Å². The second-order valence-electron chi connectivity index (χ2n) is 5.83. The van der Waals surface area contributed by atoms with Gasteiger partial charge in [-0.25, -0.2) is 4.98 Å². The molecule has 3 rings (SSSR count). The quantitative estimate of drug-likeness (QED) is 0.818. The molecule has 1 saturated carbocycles. The number of rotatable bonds is 4. The summed E-state index contributed by atoms with van der Waals surface area (Å²) in [7, 11) is 0. The molecule has 0 aliphatic heterocycles. The van der Waals surface area contributed by atoms with E-state index >= 15 is 0 Å². The average Bonchev–Trinajstić information content (AvgIpc) is 3.23. The highest BCUT2D eigenvalue weighted by molar-refractivity contribution is 7.09. The van der Waals surface area contributed by atoms with Crippen LogP contribution in [0.5, 0.6) is 0 Å². The summed E-state index contributed by atoms with van der Waals surface area (Å²) in [6, 6.07) is 7.26. The smallest absolute Gasteiger partial charge is 0.297 e. The Balaban J connectivity index is 1.83. The Bertz CT molecular complexity index is 822. The number of nitrogens with zero attached hydrogens (tertiary/aromatic N) is 2. The van der Waals surface area contributed by atoms with E-state index in [0.717, 1.165) is 11.8 Å². The molecule has 1 heterocycles. The Morgan fingerprint density at radius 2 is 2.12 bits per heavy atom. The lowest BCUT2D eigenvalue weighted by atomic mass is 9.96. The van der Waals surface area contributed by atoms with E-state index in [1.54, 1.807) is 12.3 Å². The largest absolute Gasteiger partial charge is 0.416 e.